The maximum absolute atomic E-state index is 4.73. The van der Waals surface area contributed by atoms with Gasteiger partial charge in [0.25, 0.3) is 0 Å². The first-order chi connectivity index (χ1) is 9.79. The first-order valence-corrected chi connectivity index (χ1v) is 7.85. The maximum atomic E-state index is 4.73. The van der Waals surface area contributed by atoms with E-state index in [4.69, 9.17) is 4.98 Å². The lowest BCUT2D eigenvalue weighted by atomic mass is 9.95. The van der Waals surface area contributed by atoms with Crippen LogP contribution in [0.4, 0.5) is 11.6 Å². The summed E-state index contributed by atoms with van der Waals surface area (Å²) in [6, 6.07) is 0. The molecule has 5 heteroatoms. The van der Waals surface area contributed by atoms with Crippen molar-refractivity contribution < 1.29 is 0 Å². The Hall–Kier alpha value is -1.36. The van der Waals surface area contributed by atoms with E-state index in [1.54, 1.807) is 0 Å². The van der Waals surface area contributed by atoms with Crippen LogP contribution in [-0.2, 0) is 5.41 Å². The van der Waals surface area contributed by atoms with Crippen molar-refractivity contribution in [1.29, 1.82) is 0 Å². The van der Waals surface area contributed by atoms with E-state index in [9.17, 15) is 0 Å². The van der Waals surface area contributed by atoms with Crippen molar-refractivity contribution in [2.24, 2.45) is 0 Å². The second kappa shape index (κ2) is 7.59. The number of aromatic nitrogens is 2. The zero-order chi connectivity index (χ0) is 16.0. The van der Waals surface area contributed by atoms with Gasteiger partial charge in [-0.15, -0.1) is 0 Å². The highest BCUT2D eigenvalue weighted by Gasteiger charge is 2.21. The molecule has 1 aromatic rings. The number of anilines is 2. The minimum Gasteiger partial charge on any atom is -0.370 e. The molecule has 0 aliphatic carbocycles. The lowest BCUT2D eigenvalue weighted by Crippen LogP contribution is -2.26. The average molecular weight is 293 g/mol. The van der Waals surface area contributed by atoms with Crippen LogP contribution in [0, 0.1) is 6.92 Å². The minimum atomic E-state index is -0.0610. The molecule has 1 rings (SSSR count). The molecule has 2 N–H and O–H groups in total. The fourth-order valence-electron chi connectivity index (χ4n) is 1.89. The standard InChI is InChI=1S/C16H31N5/c1-8-17-13-12(3)14(18-10-11-21(7)9-2)20-15(19-13)16(4,5)6/h8-11H2,1-7H3,(H2,17,18,19,20). The number of hydrogen-bond acceptors (Lipinski definition) is 5. The monoisotopic (exact) mass is 293 g/mol. The summed E-state index contributed by atoms with van der Waals surface area (Å²) in [6.07, 6.45) is 0. The Labute approximate surface area is 129 Å². The van der Waals surface area contributed by atoms with E-state index in [1.807, 2.05) is 0 Å². The predicted octanol–water partition coefficient (Wildman–Crippen LogP) is 2.88. The van der Waals surface area contributed by atoms with Crippen LogP contribution in [0.15, 0.2) is 0 Å². The number of hydrogen-bond donors (Lipinski definition) is 2. The van der Waals surface area contributed by atoms with Gasteiger partial charge in [0, 0.05) is 30.6 Å². The molecule has 1 aromatic heterocycles. The van der Waals surface area contributed by atoms with Crippen LogP contribution in [0.2, 0.25) is 0 Å². The first kappa shape index (κ1) is 17.7. The molecule has 0 radical (unpaired) electrons. The highest BCUT2D eigenvalue weighted by atomic mass is 15.1. The van der Waals surface area contributed by atoms with Gasteiger partial charge in [0.05, 0.1) is 0 Å². The summed E-state index contributed by atoms with van der Waals surface area (Å²) in [4.78, 5) is 11.7. The topological polar surface area (TPSA) is 53.1 Å². The molecule has 120 valence electrons. The number of nitrogens with one attached hydrogen (secondary N) is 2. The molecule has 0 atom stereocenters. The summed E-state index contributed by atoms with van der Waals surface area (Å²) in [5, 5.41) is 6.79. The molecule has 5 nitrogen and oxygen atoms in total. The van der Waals surface area contributed by atoms with Crippen LogP contribution in [0.3, 0.4) is 0 Å². The van der Waals surface area contributed by atoms with Gasteiger partial charge in [-0.25, -0.2) is 9.97 Å². The van der Waals surface area contributed by atoms with Crippen LogP contribution < -0.4 is 10.6 Å². The van der Waals surface area contributed by atoms with E-state index in [1.165, 1.54) is 0 Å². The summed E-state index contributed by atoms with van der Waals surface area (Å²) in [7, 11) is 2.12. The van der Waals surface area contributed by atoms with Crippen molar-refractivity contribution in [2.45, 2.75) is 47.0 Å². The highest BCUT2D eigenvalue weighted by Crippen LogP contribution is 2.26. The van der Waals surface area contributed by atoms with Gasteiger partial charge in [-0.2, -0.15) is 0 Å². The quantitative estimate of drug-likeness (QED) is 0.809. The fraction of sp³-hybridized carbons (Fsp3) is 0.750. The smallest absolute Gasteiger partial charge is 0.138 e. The van der Waals surface area contributed by atoms with E-state index < -0.39 is 0 Å². The van der Waals surface area contributed by atoms with Crippen LogP contribution in [0.25, 0.3) is 0 Å². The summed E-state index contributed by atoms with van der Waals surface area (Å²) in [5.41, 5.74) is 1.03. The van der Waals surface area contributed by atoms with Crippen LogP contribution in [0.1, 0.15) is 46.0 Å². The van der Waals surface area contributed by atoms with Crippen molar-refractivity contribution in [3.05, 3.63) is 11.4 Å². The van der Waals surface area contributed by atoms with Crippen LogP contribution in [0.5, 0.6) is 0 Å². The van der Waals surface area contributed by atoms with E-state index in [2.05, 4.69) is 69.1 Å². The Morgan fingerprint density at radius 2 is 1.62 bits per heavy atom. The lowest BCUT2D eigenvalue weighted by molar-refractivity contribution is 0.367. The molecule has 0 aromatic carbocycles. The van der Waals surface area contributed by atoms with Crippen LogP contribution >= 0.6 is 0 Å². The molecule has 0 fully saturated rings. The molecular formula is C16H31N5. The minimum absolute atomic E-state index is 0.0610. The van der Waals surface area contributed by atoms with Crippen LogP contribution in [-0.4, -0.2) is 48.1 Å². The Kier molecular flexibility index (Phi) is 6.40. The average Bonchev–Trinajstić information content (AvgIpc) is 2.41. The van der Waals surface area contributed by atoms with Gasteiger partial charge in [0.2, 0.25) is 0 Å². The van der Waals surface area contributed by atoms with Crippen molar-refractivity contribution in [1.82, 2.24) is 14.9 Å². The largest absolute Gasteiger partial charge is 0.370 e. The third-order valence-electron chi connectivity index (χ3n) is 3.49. The first-order valence-electron chi connectivity index (χ1n) is 7.85. The molecule has 0 saturated heterocycles. The Bertz CT molecular complexity index is 451. The van der Waals surface area contributed by atoms with E-state index >= 15 is 0 Å². The molecule has 0 bridgehead atoms. The van der Waals surface area contributed by atoms with Gasteiger partial charge in [-0.1, -0.05) is 27.7 Å². The normalized spacial score (nSPS) is 11.8. The molecule has 0 amide bonds. The van der Waals surface area contributed by atoms with Crippen molar-refractivity contribution >= 4 is 11.6 Å². The molecule has 0 aliphatic rings. The second-order valence-corrected chi connectivity index (χ2v) is 6.47. The second-order valence-electron chi connectivity index (χ2n) is 6.47. The van der Waals surface area contributed by atoms with Crippen molar-refractivity contribution in [2.75, 3.05) is 43.9 Å². The van der Waals surface area contributed by atoms with Gasteiger partial charge in [0.15, 0.2) is 0 Å². The summed E-state index contributed by atoms with van der Waals surface area (Å²) in [5.74, 6) is 2.74. The van der Waals surface area contributed by atoms with E-state index in [0.29, 0.717) is 0 Å². The zero-order valence-corrected chi connectivity index (χ0v) is 14.7. The zero-order valence-electron chi connectivity index (χ0n) is 14.7. The predicted molar refractivity (Wildman–Crippen MR) is 91.3 cm³/mol. The molecule has 0 spiro atoms. The highest BCUT2D eigenvalue weighted by molar-refractivity contribution is 5.57. The SMILES string of the molecule is CCNc1nc(C(C)(C)C)nc(NCCN(C)CC)c1C. The third-order valence-corrected chi connectivity index (χ3v) is 3.49. The fourth-order valence-corrected chi connectivity index (χ4v) is 1.89. The molecule has 0 saturated carbocycles. The third kappa shape index (κ3) is 5.16. The van der Waals surface area contributed by atoms with Gasteiger partial charge < -0.3 is 15.5 Å². The Morgan fingerprint density at radius 1 is 1.05 bits per heavy atom. The summed E-state index contributed by atoms with van der Waals surface area (Å²) in [6.45, 7) is 16.5. The van der Waals surface area contributed by atoms with E-state index in [0.717, 1.165) is 49.2 Å². The van der Waals surface area contributed by atoms with Crippen molar-refractivity contribution in [3.63, 3.8) is 0 Å². The van der Waals surface area contributed by atoms with Gasteiger partial charge in [-0.3, -0.25) is 0 Å². The summed E-state index contributed by atoms with van der Waals surface area (Å²) < 4.78 is 0. The summed E-state index contributed by atoms with van der Waals surface area (Å²) >= 11 is 0. The number of rotatable bonds is 7. The van der Waals surface area contributed by atoms with Crippen molar-refractivity contribution in [3.8, 4) is 0 Å². The molecule has 21 heavy (non-hydrogen) atoms. The Morgan fingerprint density at radius 3 is 2.10 bits per heavy atom. The number of nitrogens with zero attached hydrogens (tertiary/aromatic N) is 3. The molecule has 1 heterocycles. The molecular weight excluding hydrogens is 262 g/mol. The van der Waals surface area contributed by atoms with Gasteiger partial charge in [0.1, 0.15) is 17.5 Å². The maximum Gasteiger partial charge on any atom is 0.138 e. The van der Waals surface area contributed by atoms with E-state index in [-0.39, 0.29) is 5.41 Å². The van der Waals surface area contributed by atoms with Gasteiger partial charge in [-0.05, 0) is 27.4 Å². The van der Waals surface area contributed by atoms with Gasteiger partial charge >= 0.3 is 0 Å². The number of likely N-dealkylation sites (N-methyl/N-ethyl adjacent to an activating group) is 1. The Balaban J connectivity index is 2.97. The molecule has 0 unspecified atom stereocenters. The molecule has 0 aliphatic heterocycles. The lowest BCUT2D eigenvalue weighted by Gasteiger charge is -2.22.